The molecule has 1 aliphatic carbocycles. The van der Waals surface area contributed by atoms with Crippen LogP contribution in [0.5, 0.6) is 0 Å². The van der Waals surface area contributed by atoms with Crippen LogP contribution in [0.4, 0.5) is 4.79 Å². The average Bonchev–Trinajstić information content (AvgIpc) is 2.88. The highest BCUT2D eigenvalue weighted by Gasteiger charge is 2.25. The molecule has 0 aromatic heterocycles. The minimum Gasteiger partial charge on any atom is -0.481 e. The van der Waals surface area contributed by atoms with Gasteiger partial charge in [-0.25, -0.2) is 4.79 Å². The lowest BCUT2D eigenvalue weighted by Crippen LogP contribution is -2.41. The van der Waals surface area contributed by atoms with Crippen molar-refractivity contribution in [2.24, 2.45) is 5.92 Å². The molecular formula is C15H18N2O3. The van der Waals surface area contributed by atoms with E-state index in [1.54, 1.807) is 12.2 Å². The highest BCUT2D eigenvalue weighted by molar-refractivity contribution is 5.76. The predicted molar refractivity (Wildman–Crippen MR) is 75.4 cm³/mol. The van der Waals surface area contributed by atoms with Crippen molar-refractivity contribution in [3.63, 3.8) is 0 Å². The van der Waals surface area contributed by atoms with Crippen molar-refractivity contribution in [1.82, 2.24) is 10.6 Å². The topological polar surface area (TPSA) is 78.4 Å². The molecule has 1 aliphatic rings. The SMILES string of the molecule is O=C(NCCc1ccccc1)NC1C=CC(C(=O)O)C1. The fraction of sp³-hybridized carbons (Fsp3) is 0.333. The van der Waals surface area contributed by atoms with Crippen molar-refractivity contribution in [3.05, 3.63) is 48.0 Å². The van der Waals surface area contributed by atoms with Gasteiger partial charge in [0.1, 0.15) is 0 Å². The fourth-order valence-corrected chi connectivity index (χ4v) is 2.17. The summed E-state index contributed by atoms with van der Waals surface area (Å²) >= 11 is 0. The van der Waals surface area contributed by atoms with Gasteiger partial charge in [-0.15, -0.1) is 0 Å². The Morgan fingerprint density at radius 3 is 2.60 bits per heavy atom. The molecule has 5 heteroatoms. The van der Waals surface area contributed by atoms with Gasteiger partial charge in [0.25, 0.3) is 0 Å². The summed E-state index contributed by atoms with van der Waals surface area (Å²) < 4.78 is 0. The van der Waals surface area contributed by atoms with E-state index in [0.717, 1.165) is 6.42 Å². The molecule has 0 saturated heterocycles. The maximum Gasteiger partial charge on any atom is 0.315 e. The van der Waals surface area contributed by atoms with Crippen LogP contribution in [-0.2, 0) is 11.2 Å². The lowest BCUT2D eigenvalue weighted by atomic mass is 10.1. The molecule has 0 radical (unpaired) electrons. The van der Waals surface area contributed by atoms with Gasteiger partial charge in [0.15, 0.2) is 0 Å². The molecule has 2 unspecified atom stereocenters. The predicted octanol–water partition coefficient (Wildman–Crippen LogP) is 1.56. The molecule has 106 valence electrons. The van der Waals surface area contributed by atoms with E-state index in [1.165, 1.54) is 5.56 Å². The Morgan fingerprint density at radius 1 is 1.20 bits per heavy atom. The molecule has 3 N–H and O–H groups in total. The van der Waals surface area contributed by atoms with Crippen molar-refractivity contribution in [3.8, 4) is 0 Å². The molecule has 0 spiro atoms. The van der Waals surface area contributed by atoms with Crippen LogP contribution in [-0.4, -0.2) is 29.7 Å². The molecule has 0 saturated carbocycles. The number of carboxylic acid groups (broad SMARTS) is 1. The maximum absolute atomic E-state index is 11.7. The Balaban J connectivity index is 1.67. The van der Waals surface area contributed by atoms with Crippen molar-refractivity contribution < 1.29 is 14.7 Å². The largest absolute Gasteiger partial charge is 0.481 e. The monoisotopic (exact) mass is 274 g/mol. The van der Waals surface area contributed by atoms with Gasteiger partial charge in [0.05, 0.1) is 12.0 Å². The second-order valence-electron chi connectivity index (χ2n) is 4.81. The first-order valence-electron chi connectivity index (χ1n) is 6.64. The summed E-state index contributed by atoms with van der Waals surface area (Å²) in [5, 5.41) is 14.4. The van der Waals surface area contributed by atoms with E-state index in [9.17, 15) is 9.59 Å². The van der Waals surface area contributed by atoms with E-state index < -0.39 is 11.9 Å². The highest BCUT2D eigenvalue weighted by Crippen LogP contribution is 2.17. The van der Waals surface area contributed by atoms with Crippen molar-refractivity contribution in [2.45, 2.75) is 18.9 Å². The van der Waals surface area contributed by atoms with Crippen LogP contribution < -0.4 is 10.6 Å². The number of hydrogen-bond donors (Lipinski definition) is 3. The van der Waals surface area contributed by atoms with Gasteiger partial charge in [-0.3, -0.25) is 4.79 Å². The van der Waals surface area contributed by atoms with Crippen molar-refractivity contribution in [1.29, 1.82) is 0 Å². The maximum atomic E-state index is 11.7. The van der Waals surface area contributed by atoms with E-state index in [1.807, 2.05) is 30.3 Å². The van der Waals surface area contributed by atoms with Crippen LogP contribution in [0.2, 0.25) is 0 Å². The fourth-order valence-electron chi connectivity index (χ4n) is 2.17. The third-order valence-electron chi connectivity index (χ3n) is 3.26. The van der Waals surface area contributed by atoms with Gasteiger partial charge in [-0.2, -0.15) is 0 Å². The van der Waals surface area contributed by atoms with Gasteiger partial charge in [-0.1, -0.05) is 42.5 Å². The van der Waals surface area contributed by atoms with Gasteiger partial charge in [-0.05, 0) is 18.4 Å². The Hall–Kier alpha value is -2.30. The van der Waals surface area contributed by atoms with Gasteiger partial charge in [0.2, 0.25) is 0 Å². The number of aliphatic carboxylic acids is 1. The first-order chi connectivity index (χ1) is 9.65. The number of benzene rings is 1. The lowest BCUT2D eigenvalue weighted by Gasteiger charge is -2.13. The smallest absolute Gasteiger partial charge is 0.315 e. The van der Waals surface area contributed by atoms with E-state index in [0.29, 0.717) is 13.0 Å². The number of urea groups is 1. The normalized spacial score (nSPS) is 20.6. The number of nitrogens with one attached hydrogen (secondary N) is 2. The number of carbonyl (C=O) groups is 2. The van der Waals surface area contributed by atoms with E-state index in [-0.39, 0.29) is 12.1 Å². The molecule has 1 aromatic rings. The van der Waals surface area contributed by atoms with Crippen LogP contribution in [0.25, 0.3) is 0 Å². The number of carboxylic acids is 1. The van der Waals surface area contributed by atoms with Gasteiger partial charge in [0, 0.05) is 6.54 Å². The summed E-state index contributed by atoms with van der Waals surface area (Å²) in [6.45, 7) is 0.550. The first-order valence-corrected chi connectivity index (χ1v) is 6.64. The Bertz CT molecular complexity index is 499. The Labute approximate surface area is 117 Å². The van der Waals surface area contributed by atoms with Crippen LogP contribution >= 0.6 is 0 Å². The van der Waals surface area contributed by atoms with Crippen molar-refractivity contribution >= 4 is 12.0 Å². The van der Waals surface area contributed by atoms with Gasteiger partial charge < -0.3 is 15.7 Å². The van der Waals surface area contributed by atoms with Crippen LogP contribution in [0, 0.1) is 5.92 Å². The zero-order valence-corrected chi connectivity index (χ0v) is 11.1. The average molecular weight is 274 g/mol. The highest BCUT2D eigenvalue weighted by atomic mass is 16.4. The number of rotatable bonds is 5. The van der Waals surface area contributed by atoms with Crippen LogP contribution in [0.3, 0.4) is 0 Å². The summed E-state index contributed by atoms with van der Waals surface area (Å²) in [5.74, 6) is -1.35. The second-order valence-corrected chi connectivity index (χ2v) is 4.81. The molecule has 1 aromatic carbocycles. The van der Waals surface area contributed by atoms with Crippen LogP contribution in [0.15, 0.2) is 42.5 Å². The molecule has 2 rings (SSSR count). The second kappa shape index (κ2) is 6.75. The number of amides is 2. The minimum absolute atomic E-state index is 0.201. The summed E-state index contributed by atoms with van der Waals surface area (Å²) in [4.78, 5) is 22.4. The minimum atomic E-state index is -0.852. The third-order valence-corrected chi connectivity index (χ3v) is 3.26. The van der Waals surface area contributed by atoms with E-state index in [2.05, 4.69) is 10.6 Å². The number of hydrogen-bond acceptors (Lipinski definition) is 2. The van der Waals surface area contributed by atoms with E-state index >= 15 is 0 Å². The van der Waals surface area contributed by atoms with Gasteiger partial charge >= 0.3 is 12.0 Å². The molecule has 20 heavy (non-hydrogen) atoms. The summed E-state index contributed by atoms with van der Waals surface area (Å²) in [6, 6.07) is 9.44. The molecule has 5 nitrogen and oxygen atoms in total. The Kier molecular flexibility index (Phi) is 4.76. The zero-order chi connectivity index (χ0) is 14.4. The molecular weight excluding hydrogens is 256 g/mol. The summed E-state index contributed by atoms with van der Waals surface area (Å²) in [7, 11) is 0. The molecule has 0 heterocycles. The summed E-state index contributed by atoms with van der Waals surface area (Å²) in [5.41, 5.74) is 1.17. The quantitative estimate of drug-likeness (QED) is 0.713. The standard InChI is InChI=1S/C15H18N2O3/c18-14(19)12-6-7-13(10-12)17-15(20)16-9-8-11-4-2-1-3-5-11/h1-7,12-13H,8-10H2,(H,18,19)(H2,16,17,20). The molecule has 2 amide bonds. The molecule has 2 atom stereocenters. The third kappa shape index (κ3) is 4.12. The Morgan fingerprint density at radius 2 is 1.95 bits per heavy atom. The first kappa shape index (κ1) is 14.1. The summed E-state index contributed by atoms with van der Waals surface area (Å²) in [6.07, 6.45) is 4.54. The molecule has 0 aliphatic heterocycles. The zero-order valence-electron chi connectivity index (χ0n) is 11.1. The van der Waals surface area contributed by atoms with E-state index in [4.69, 9.17) is 5.11 Å². The van der Waals surface area contributed by atoms with Crippen molar-refractivity contribution in [2.75, 3.05) is 6.54 Å². The molecule has 0 fully saturated rings. The van der Waals surface area contributed by atoms with Crippen LogP contribution in [0.1, 0.15) is 12.0 Å². The number of carbonyl (C=O) groups excluding carboxylic acids is 1. The molecule has 0 bridgehead atoms. The lowest BCUT2D eigenvalue weighted by molar-refractivity contribution is -0.140.